The van der Waals surface area contributed by atoms with Crippen molar-refractivity contribution in [3.63, 3.8) is 0 Å². The van der Waals surface area contributed by atoms with Crippen LogP contribution in [0.4, 0.5) is 5.13 Å². The predicted octanol–water partition coefficient (Wildman–Crippen LogP) is 4.27. The first-order valence-electron chi connectivity index (χ1n) is 7.36. The number of nitrogens with zero attached hydrogens (tertiary/aromatic N) is 1. The third kappa shape index (κ3) is 3.48. The van der Waals surface area contributed by atoms with Crippen LogP contribution in [0.5, 0.6) is 0 Å². The predicted molar refractivity (Wildman–Crippen MR) is 94.7 cm³/mol. The van der Waals surface area contributed by atoms with E-state index in [1.165, 1.54) is 11.3 Å². The number of aromatic nitrogens is 1. The molecule has 1 heterocycles. The Morgan fingerprint density at radius 1 is 1.26 bits per heavy atom. The van der Waals surface area contributed by atoms with Crippen molar-refractivity contribution in [2.75, 3.05) is 11.6 Å². The van der Waals surface area contributed by atoms with Crippen LogP contribution < -0.4 is 5.32 Å². The first kappa shape index (κ1) is 16.2. The minimum atomic E-state index is -0.199. The van der Waals surface area contributed by atoms with Gasteiger partial charge in [0.25, 0.3) is 5.91 Å². The number of Topliss-reactive ketones (excluding diaryl/α,β-unsaturated/α-hetero) is 1. The monoisotopic (exact) mass is 346 g/mol. The van der Waals surface area contributed by atoms with Crippen molar-refractivity contribution in [1.82, 2.24) is 4.98 Å². The number of hydrogen-bond donors (Lipinski definition) is 1. The molecule has 0 saturated heterocycles. The van der Waals surface area contributed by atoms with Crippen LogP contribution in [0.25, 0.3) is 0 Å². The van der Waals surface area contributed by atoms with Crippen molar-refractivity contribution in [3.05, 3.63) is 40.4 Å². The van der Waals surface area contributed by atoms with Crippen molar-refractivity contribution in [2.24, 2.45) is 5.41 Å². The Balaban J connectivity index is 1.78. The zero-order valence-electron chi connectivity index (χ0n) is 13.3. The zero-order chi connectivity index (χ0) is 16.6. The molecule has 0 saturated carbocycles. The van der Waals surface area contributed by atoms with E-state index in [9.17, 15) is 9.59 Å². The number of thiazole rings is 1. The van der Waals surface area contributed by atoms with E-state index in [-0.39, 0.29) is 17.1 Å². The zero-order valence-corrected chi connectivity index (χ0v) is 14.9. The molecule has 1 aromatic heterocycles. The fourth-order valence-electron chi connectivity index (χ4n) is 2.69. The van der Waals surface area contributed by atoms with E-state index in [0.29, 0.717) is 22.0 Å². The average molecular weight is 346 g/mol. The topological polar surface area (TPSA) is 59.1 Å². The van der Waals surface area contributed by atoms with Crippen molar-refractivity contribution in [2.45, 2.75) is 31.6 Å². The maximum atomic E-state index is 12.3. The molecule has 120 valence electrons. The van der Waals surface area contributed by atoms with Gasteiger partial charge in [0.15, 0.2) is 10.9 Å². The van der Waals surface area contributed by atoms with Gasteiger partial charge in [-0.3, -0.25) is 14.9 Å². The lowest BCUT2D eigenvalue weighted by Gasteiger charge is -2.26. The number of benzene rings is 1. The summed E-state index contributed by atoms with van der Waals surface area (Å²) in [5, 5.41) is 3.31. The van der Waals surface area contributed by atoms with Gasteiger partial charge >= 0.3 is 0 Å². The Labute approximate surface area is 143 Å². The molecular formula is C17H18N2O2S2. The number of nitrogens with one attached hydrogen (secondary N) is 1. The van der Waals surface area contributed by atoms with Crippen LogP contribution in [-0.4, -0.2) is 22.9 Å². The van der Waals surface area contributed by atoms with Gasteiger partial charge in [-0.25, -0.2) is 4.98 Å². The molecule has 1 aliphatic carbocycles. The SMILES string of the molecule is CSc1ccc(C(=O)Nc2nc3c(s2)C(=O)CC(C)(C)C3)cc1. The first-order valence-corrected chi connectivity index (χ1v) is 9.40. The van der Waals surface area contributed by atoms with Crippen molar-refractivity contribution < 1.29 is 9.59 Å². The molecule has 1 aliphatic rings. The van der Waals surface area contributed by atoms with Crippen molar-refractivity contribution in [3.8, 4) is 0 Å². The highest BCUT2D eigenvalue weighted by Crippen LogP contribution is 2.38. The molecule has 3 rings (SSSR count). The summed E-state index contributed by atoms with van der Waals surface area (Å²) in [6, 6.07) is 7.42. The number of fused-ring (bicyclic) bond motifs is 1. The smallest absolute Gasteiger partial charge is 0.257 e. The van der Waals surface area contributed by atoms with Gasteiger partial charge in [0, 0.05) is 16.9 Å². The third-order valence-corrected chi connectivity index (χ3v) is 5.61. The number of anilines is 1. The summed E-state index contributed by atoms with van der Waals surface area (Å²) in [4.78, 5) is 30.8. The summed E-state index contributed by atoms with van der Waals surface area (Å²) >= 11 is 2.91. The molecule has 1 amide bonds. The van der Waals surface area contributed by atoms with Gasteiger partial charge in [-0.15, -0.1) is 11.8 Å². The Hall–Kier alpha value is -1.66. The van der Waals surface area contributed by atoms with Crippen LogP contribution >= 0.6 is 23.1 Å². The number of carbonyl (C=O) groups is 2. The molecule has 6 heteroatoms. The molecule has 1 aromatic carbocycles. The maximum absolute atomic E-state index is 12.3. The van der Waals surface area contributed by atoms with Crippen LogP contribution in [0, 0.1) is 5.41 Å². The van der Waals surface area contributed by atoms with Gasteiger partial charge in [-0.05, 0) is 42.4 Å². The van der Waals surface area contributed by atoms with Gasteiger partial charge < -0.3 is 0 Å². The van der Waals surface area contributed by atoms with Gasteiger partial charge in [0.1, 0.15) is 0 Å². The van der Waals surface area contributed by atoms with Crippen LogP contribution in [0.3, 0.4) is 0 Å². The highest BCUT2D eigenvalue weighted by molar-refractivity contribution is 7.98. The van der Waals surface area contributed by atoms with Crippen LogP contribution in [0.2, 0.25) is 0 Å². The average Bonchev–Trinajstić information content (AvgIpc) is 2.88. The van der Waals surface area contributed by atoms with E-state index < -0.39 is 0 Å². The molecule has 1 N–H and O–H groups in total. The normalized spacial score (nSPS) is 16.0. The van der Waals surface area contributed by atoms with E-state index in [2.05, 4.69) is 24.1 Å². The molecule has 0 atom stereocenters. The van der Waals surface area contributed by atoms with Crippen molar-refractivity contribution >= 4 is 39.9 Å². The molecular weight excluding hydrogens is 328 g/mol. The number of carbonyl (C=O) groups excluding carboxylic acids is 2. The van der Waals surface area contributed by atoms with Crippen LogP contribution in [0.1, 0.15) is 46.0 Å². The van der Waals surface area contributed by atoms with Crippen LogP contribution in [-0.2, 0) is 6.42 Å². The minimum Gasteiger partial charge on any atom is -0.298 e. The van der Waals surface area contributed by atoms with E-state index in [0.717, 1.165) is 17.0 Å². The van der Waals surface area contributed by atoms with Gasteiger partial charge in [-0.2, -0.15) is 0 Å². The Morgan fingerprint density at radius 2 is 1.96 bits per heavy atom. The summed E-state index contributed by atoms with van der Waals surface area (Å²) in [6.07, 6.45) is 3.29. The molecule has 4 nitrogen and oxygen atoms in total. The highest BCUT2D eigenvalue weighted by atomic mass is 32.2. The standard InChI is InChI=1S/C17H18N2O2S2/c1-17(2)8-12-14(13(20)9-17)23-16(18-12)19-15(21)10-4-6-11(22-3)7-5-10/h4-7H,8-9H2,1-3H3,(H,18,19,21). The number of amides is 1. The summed E-state index contributed by atoms with van der Waals surface area (Å²) in [5.41, 5.74) is 1.33. The Morgan fingerprint density at radius 3 is 2.61 bits per heavy atom. The number of ketones is 1. The molecule has 0 radical (unpaired) electrons. The molecule has 0 spiro atoms. The first-order chi connectivity index (χ1) is 10.9. The van der Waals surface area contributed by atoms with E-state index in [4.69, 9.17) is 0 Å². The molecule has 2 aromatic rings. The largest absolute Gasteiger partial charge is 0.298 e. The second-order valence-corrected chi connectivity index (χ2v) is 8.30. The highest BCUT2D eigenvalue weighted by Gasteiger charge is 2.34. The Kier molecular flexibility index (Phi) is 4.29. The van der Waals surface area contributed by atoms with Gasteiger partial charge in [0.2, 0.25) is 0 Å². The van der Waals surface area contributed by atoms with Crippen molar-refractivity contribution in [1.29, 1.82) is 0 Å². The fourth-order valence-corrected chi connectivity index (χ4v) is 4.01. The maximum Gasteiger partial charge on any atom is 0.257 e. The molecule has 23 heavy (non-hydrogen) atoms. The summed E-state index contributed by atoms with van der Waals surface area (Å²) in [6.45, 7) is 4.14. The quantitative estimate of drug-likeness (QED) is 0.843. The minimum absolute atomic E-state index is 0.0624. The second kappa shape index (κ2) is 6.09. The van der Waals surface area contributed by atoms with Gasteiger partial charge in [-0.1, -0.05) is 25.2 Å². The van der Waals surface area contributed by atoms with Gasteiger partial charge in [0.05, 0.1) is 10.6 Å². The van der Waals surface area contributed by atoms with E-state index >= 15 is 0 Å². The molecule has 0 aliphatic heterocycles. The second-order valence-electron chi connectivity index (χ2n) is 6.42. The van der Waals surface area contributed by atoms with E-state index in [1.807, 2.05) is 18.4 Å². The number of hydrogen-bond acceptors (Lipinski definition) is 5. The number of rotatable bonds is 3. The Bertz CT molecular complexity index is 763. The summed E-state index contributed by atoms with van der Waals surface area (Å²) in [7, 11) is 0. The lowest BCUT2D eigenvalue weighted by molar-refractivity contribution is 0.0915. The van der Waals surface area contributed by atoms with Crippen LogP contribution in [0.15, 0.2) is 29.2 Å². The molecule has 0 unspecified atom stereocenters. The van der Waals surface area contributed by atoms with E-state index in [1.54, 1.807) is 23.9 Å². The summed E-state index contributed by atoms with van der Waals surface area (Å²) in [5.74, 6) is -0.0750. The molecule has 0 bridgehead atoms. The molecule has 0 fully saturated rings. The summed E-state index contributed by atoms with van der Waals surface area (Å²) < 4.78 is 0. The third-order valence-electron chi connectivity index (χ3n) is 3.81. The number of thioether (sulfide) groups is 1. The lowest BCUT2D eigenvalue weighted by Crippen LogP contribution is -2.26. The fraction of sp³-hybridized carbons (Fsp3) is 0.353. The lowest BCUT2D eigenvalue weighted by atomic mass is 9.78.